The molecule has 2 amide bonds. The standard InChI is InChI=1S/C31H38ClN3O5S/c1-5-6-17-33-31(37)29(19-24-11-8-7-9-12-24)34(21-25-13-10-14-27(18-25)40-3)30(36)22-35(41(4,38)39)28-20-26(32)16-15-23(28)2/h7-16,18,20,29H,5-6,17,19,21-22H2,1-4H3,(H,33,37)/t29-/m0/s1. The number of nitrogens with one attached hydrogen (secondary N) is 1. The van der Waals surface area contributed by atoms with E-state index in [-0.39, 0.29) is 18.9 Å². The lowest BCUT2D eigenvalue weighted by Gasteiger charge is -2.34. The quantitative estimate of drug-likeness (QED) is 0.264. The number of anilines is 1. The highest BCUT2D eigenvalue weighted by Gasteiger charge is 2.33. The molecule has 0 heterocycles. The molecule has 3 aromatic carbocycles. The number of nitrogens with zero attached hydrogens (tertiary/aromatic N) is 2. The van der Waals surface area contributed by atoms with E-state index in [4.69, 9.17) is 16.3 Å². The first-order valence-corrected chi connectivity index (χ1v) is 15.7. The van der Waals surface area contributed by atoms with Gasteiger partial charge in [0, 0.05) is 24.5 Å². The third-order valence-electron chi connectivity index (χ3n) is 6.71. The smallest absolute Gasteiger partial charge is 0.244 e. The van der Waals surface area contributed by atoms with Crippen molar-refractivity contribution in [3.63, 3.8) is 0 Å². The number of benzene rings is 3. The van der Waals surface area contributed by atoms with Gasteiger partial charge in [0.05, 0.1) is 19.1 Å². The number of unbranched alkanes of at least 4 members (excludes halogenated alkanes) is 1. The van der Waals surface area contributed by atoms with Gasteiger partial charge in [0.25, 0.3) is 0 Å². The van der Waals surface area contributed by atoms with Gasteiger partial charge in [-0.15, -0.1) is 0 Å². The molecule has 0 aliphatic rings. The highest BCUT2D eigenvalue weighted by Crippen LogP contribution is 2.27. The maximum atomic E-state index is 14.2. The summed E-state index contributed by atoms with van der Waals surface area (Å²) in [6, 6.07) is 20.7. The molecule has 1 N–H and O–H groups in total. The number of carbonyl (C=O) groups excluding carboxylic acids is 2. The third-order valence-corrected chi connectivity index (χ3v) is 8.07. The monoisotopic (exact) mass is 599 g/mol. The minimum absolute atomic E-state index is 0.0703. The summed E-state index contributed by atoms with van der Waals surface area (Å²) in [5.74, 6) is -0.221. The van der Waals surface area contributed by atoms with Crippen molar-refractivity contribution in [2.45, 2.75) is 45.7 Å². The molecule has 10 heteroatoms. The fourth-order valence-corrected chi connectivity index (χ4v) is 5.54. The van der Waals surface area contributed by atoms with Crippen LogP contribution in [0.1, 0.15) is 36.5 Å². The first-order valence-electron chi connectivity index (χ1n) is 13.5. The molecule has 0 unspecified atom stereocenters. The summed E-state index contributed by atoms with van der Waals surface area (Å²) in [7, 11) is -2.33. The average molecular weight is 600 g/mol. The first-order chi connectivity index (χ1) is 19.5. The van der Waals surface area contributed by atoms with Crippen molar-refractivity contribution in [1.82, 2.24) is 10.2 Å². The molecule has 0 saturated carbocycles. The molecule has 3 aromatic rings. The lowest BCUT2D eigenvalue weighted by Crippen LogP contribution is -2.53. The van der Waals surface area contributed by atoms with E-state index in [1.54, 1.807) is 38.3 Å². The number of methoxy groups -OCH3 is 1. The van der Waals surface area contributed by atoms with Crippen LogP contribution in [0.15, 0.2) is 72.8 Å². The molecule has 0 radical (unpaired) electrons. The molecule has 0 saturated heterocycles. The lowest BCUT2D eigenvalue weighted by atomic mass is 10.0. The summed E-state index contributed by atoms with van der Waals surface area (Å²) >= 11 is 6.21. The third kappa shape index (κ3) is 9.23. The van der Waals surface area contributed by atoms with Crippen molar-refractivity contribution in [3.05, 3.63) is 94.5 Å². The number of ether oxygens (including phenoxy) is 1. The highest BCUT2D eigenvalue weighted by molar-refractivity contribution is 7.92. The number of carbonyl (C=O) groups is 2. The maximum absolute atomic E-state index is 14.2. The Hall–Kier alpha value is -3.56. The molecule has 0 fully saturated rings. The van der Waals surface area contributed by atoms with Crippen LogP contribution in [-0.2, 0) is 32.6 Å². The van der Waals surface area contributed by atoms with Crippen molar-refractivity contribution < 1.29 is 22.7 Å². The largest absolute Gasteiger partial charge is 0.497 e. The molecule has 0 aliphatic carbocycles. The molecule has 41 heavy (non-hydrogen) atoms. The van der Waals surface area contributed by atoms with Crippen LogP contribution in [-0.4, -0.2) is 57.6 Å². The topological polar surface area (TPSA) is 96.0 Å². The summed E-state index contributed by atoms with van der Waals surface area (Å²) in [6.45, 7) is 3.82. The number of halogens is 1. The number of hydrogen-bond acceptors (Lipinski definition) is 5. The van der Waals surface area contributed by atoms with Crippen LogP contribution in [0.25, 0.3) is 0 Å². The van der Waals surface area contributed by atoms with E-state index in [0.717, 1.165) is 34.5 Å². The van der Waals surface area contributed by atoms with Crippen LogP contribution in [0.3, 0.4) is 0 Å². The lowest BCUT2D eigenvalue weighted by molar-refractivity contribution is -0.140. The Kier molecular flexibility index (Phi) is 11.6. The second-order valence-corrected chi connectivity index (χ2v) is 12.3. The van der Waals surface area contributed by atoms with Gasteiger partial charge < -0.3 is 15.0 Å². The van der Waals surface area contributed by atoms with Crippen LogP contribution < -0.4 is 14.4 Å². The fraction of sp³-hybridized carbons (Fsp3) is 0.355. The van der Waals surface area contributed by atoms with Gasteiger partial charge in [-0.25, -0.2) is 8.42 Å². The molecule has 1 atom stereocenters. The summed E-state index contributed by atoms with van der Waals surface area (Å²) in [4.78, 5) is 29.3. The number of amides is 2. The second kappa shape index (κ2) is 14.9. The minimum atomic E-state index is -3.89. The van der Waals surface area contributed by atoms with Crippen LogP contribution in [0, 0.1) is 6.92 Å². The zero-order valence-corrected chi connectivity index (χ0v) is 25.5. The Morgan fingerprint density at radius 2 is 1.71 bits per heavy atom. The summed E-state index contributed by atoms with van der Waals surface area (Å²) in [6.07, 6.45) is 3.00. The first kappa shape index (κ1) is 32.0. The van der Waals surface area contributed by atoms with Crippen molar-refractivity contribution in [2.75, 3.05) is 30.8 Å². The van der Waals surface area contributed by atoms with Gasteiger partial charge in [0.1, 0.15) is 18.3 Å². The Labute approximate surface area is 248 Å². The van der Waals surface area contributed by atoms with Crippen molar-refractivity contribution in [3.8, 4) is 5.75 Å². The summed E-state index contributed by atoms with van der Waals surface area (Å²) in [5.41, 5.74) is 2.56. The number of hydrogen-bond donors (Lipinski definition) is 1. The van der Waals surface area contributed by atoms with Crippen molar-refractivity contribution in [2.24, 2.45) is 0 Å². The van der Waals surface area contributed by atoms with Gasteiger partial charge in [-0.1, -0.05) is 73.5 Å². The predicted octanol–water partition coefficient (Wildman–Crippen LogP) is 4.98. The van der Waals surface area contributed by atoms with E-state index in [0.29, 0.717) is 28.6 Å². The van der Waals surface area contributed by atoms with Crippen LogP contribution in [0.2, 0.25) is 5.02 Å². The Bertz CT molecular complexity index is 1430. The minimum Gasteiger partial charge on any atom is -0.497 e. The SMILES string of the molecule is CCCCNC(=O)[C@H](Cc1ccccc1)N(Cc1cccc(OC)c1)C(=O)CN(c1cc(Cl)ccc1C)S(C)(=O)=O. The number of rotatable bonds is 14. The summed E-state index contributed by atoms with van der Waals surface area (Å²) in [5, 5.41) is 3.32. The number of sulfonamides is 1. The van der Waals surface area contributed by atoms with E-state index in [1.807, 2.05) is 49.4 Å². The van der Waals surface area contributed by atoms with E-state index in [1.165, 1.54) is 11.0 Å². The summed E-state index contributed by atoms with van der Waals surface area (Å²) < 4.78 is 32.4. The van der Waals surface area contributed by atoms with Gasteiger partial charge >= 0.3 is 0 Å². The van der Waals surface area contributed by atoms with Crippen LogP contribution in [0.4, 0.5) is 5.69 Å². The Morgan fingerprint density at radius 3 is 2.37 bits per heavy atom. The molecule has 3 rings (SSSR count). The Balaban J connectivity index is 2.07. The van der Waals surface area contributed by atoms with Crippen molar-refractivity contribution >= 4 is 39.1 Å². The van der Waals surface area contributed by atoms with Crippen LogP contribution >= 0.6 is 11.6 Å². The molecular weight excluding hydrogens is 562 g/mol. The van der Waals surface area contributed by atoms with Gasteiger partial charge in [-0.2, -0.15) is 0 Å². The Morgan fingerprint density at radius 1 is 1.00 bits per heavy atom. The predicted molar refractivity (Wildman–Crippen MR) is 164 cm³/mol. The molecule has 220 valence electrons. The van der Waals surface area contributed by atoms with Crippen molar-refractivity contribution in [1.29, 1.82) is 0 Å². The van der Waals surface area contributed by atoms with E-state index in [9.17, 15) is 18.0 Å². The second-order valence-electron chi connectivity index (χ2n) is 9.92. The molecular formula is C31H38ClN3O5S. The van der Waals surface area contributed by atoms with E-state index >= 15 is 0 Å². The van der Waals surface area contributed by atoms with Crippen LogP contribution in [0.5, 0.6) is 5.75 Å². The van der Waals surface area contributed by atoms with Gasteiger partial charge in [-0.05, 0) is 54.3 Å². The number of aryl methyl sites for hydroxylation is 1. The molecule has 0 spiro atoms. The normalized spacial score (nSPS) is 11.9. The van der Waals surface area contributed by atoms with Gasteiger partial charge in [0.15, 0.2) is 0 Å². The zero-order valence-electron chi connectivity index (χ0n) is 24.0. The van der Waals surface area contributed by atoms with E-state index < -0.39 is 28.5 Å². The van der Waals surface area contributed by atoms with Gasteiger partial charge in [-0.3, -0.25) is 13.9 Å². The highest BCUT2D eigenvalue weighted by atomic mass is 35.5. The fourth-order valence-electron chi connectivity index (χ4n) is 4.47. The average Bonchev–Trinajstić information content (AvgIpc) is 2.95. The molecule has 8 nitrogen and oxygen atoms in total. The van der Waals surface area contributed by atoms with Gasteiger partial charge in [0.2, 0.25) is 21.8 Å². The molecule has 0 bridgehead atoms. The maximum Gasteiger partial charge on any atom is 0.244 e. The molecule has 0 aliphatic heterocycles. The molecule has 0 aromatic heterocycles. The zero-order chi connectivity index (χ0) is 30.0. The van der Waals surface area contributed by atoms with E-state index in [2.05, 4.69) is 5.32 Å².